The Morgan fingerprint density at radius 3 is 2.08 bits per heavy atom. The van der Waals surface area contributed by atoms with E-state index >= 15 is 0 Å². The highest BCUT2D eigenvalue weighted by Crippen LogP contribution is 1.94. The molecular weight excluding hydrogens is 164 g/mol. The number of rotatable bonds is 7. The second kappa shape index (κ2) is 7.77. The molecule has 74 valence electrons. The first-order valence-corrected chi connectivity index (χ1v) is 6.04. The lowest BCUT2D eigenvalue weighted by atomic mass is 10.3. The van der Waals surface area contributed by atoms with Gasteiger partial charge in [-0.2, -0.15) is 0 Å². The summed E-state index contributed by atoms with van der Waals surface area (Å²) in [4.78, 5) is 2.47. The third kappa shape index (κ3) is 5.74. The van der Waals surface area contributed by atoms with Gasteiger partial charge in [-0.1, -0.05) is 27.2 Å². The smallest absolute Gasteiger partial charge is 0.0800 e. The lowest BCUT2D eigenvalue weighted by Gasteiger charge is -2.25. The maximum atomic E-state index is 2.54. The van der Waals surface area contributed by atoms with Crippen molar-refractivity contribution in [3.63, 3.8) is 0 Å². The Labute approximate surface area is 80.4 Å². The van der Waals surface area contributed by atoms with Gasteiger partial charge in [-0.05, 0) is 26.1 Å². The zero-order valence-corrected chi connectivity index (χ0v) is 11.1. The van der Waals surface area contributed by atoms with Crippen molar-refractivity contribution < 1.29 is 0 Å². The van der Waals surface area contributed by atoms with Crippen molar-refractivity contribution in [3.8, 4) is 0 Å². The molecule has 3 heteroatoms. The Bertz CT molecular complexity index is 94.5. The summed E-state index contributed by atoms with van der Waals surface area (Å²) in [6.45, 7) is 11.6. The van der Waals surface area contributed by atoms with E-state index in [1.165, 1.54) is 49.5 Å². The minimum absolute atomic E-state index is 1.18. The largest absolute Gasteiger partial charge is 0.320 e. The molecule has 12 heavy (non-hydrogen) atoms. The second-order valence-electron chi connectivity index (χ2n) is 3.38. The molecule has 0 N–H and O–H groups in total. The minimum atomic E-state index is 1.18. The number of hydrogen-bond acceptors (Lipinski definition) is 2. The average Bonchev–Trinajstić information content (AvgIpc) is 2.10. The van der Waals surface area contributed by atoms with E-state index in [9.17, 15) is 0 Å². The van der Waals surface area contributed by atoms with Crippen LogP contribution >= 0.6 is 0 Å². The first-order valence-electron chi connectivity index (χ1n) is 5.15. The van der Waals surface area contributed by atoms with Gasteiger partial charge in [0.25, 0.3) is 0 Å². The SMILES string of the molecule is CCCCN([SiH3])CN(CC)CC. The summed E-state index contributed by atoms with van der Waals surface area (Å²) in [7, 11) is 1.20. The summed E-state index contributed by atoms with van der Waals surface area (Å²) in [6.07, 6.45) is 2.67. The summed E-state index contributed by atoms with van der Waals surface area (Å²) in [5.74, 6) is 0. The highest BCUT2D eigenvalue weighted by atomic mass is 28.2. The van der Waals surface area contributed by atoms with Gasteiger partial charge in [-0.15, -0.1) is 0 Å². The molecule has 0 aliphatic rings. The van der Waals surface area contributed by atoms with Crippen molar-refractivity contribution in [2.24, 2.45) is 0 Å². The summed E-state index contributed by atoms with van der Waals surface area (Å²) in [5, 5.41) is 0. The van der Waals surface area contributed by atoms with Gasteiger partial charge in [0.15, 0.2) is 0 Å². The van der Waals surface area contributed by atoms with Gasteiger partial charge in [0, 0.05) is 6.67 Å². The highest BCUT2D eigenvalue weighted by molar-refractivity contribution is 6.04. The summed E-state index contributed by atoms with van der Waals surface area (Å²) < 4.78 is 2.54. The highest BCUT2D eigenvalue weighted by Gasteiger charge is 2.02. The molecule has 0 unspecified atom stereocenters. The molecule has 0 bridgehead atoms. The van der Waals surface area contributed by atoms with Gasteiger partial charge >= 0.3 is 0 Å². The van der Waals surface area contributed by atoms with Crippen molar-refractivity contribution in [2.45, 2.75) is 33.6 Å². The van der Waals surface area contributed by atoms with Crippen molar-refractivity contribution in [2.75, 3.05) is 26.3 Å². The third-order valence-electron chi connectivity index (χ3n) is 2.23. The van der Waals surface area contributed by atoms with E-state index in [2.05, 4.69) is 30.2 Å². The molecule has 0 fully saturated rings. The number of unbranched alkanes of at least 4 members (excludes halogenated alkanes) is 1. The van der Waals surface area contributed by atoms with Gasteiger partial charge in [-0.25, -0.2) is 0 Å². The Balaban J connectivity index is 3.44. The zero-order chi connectivity index (χ0) is 9.40. The van der Waals surface area contributed by atoms with Crippen LogP contribution in [0.3, 0.4) is 0 Å². The van der Waals surface area contributed by atoms with Crippen LogP contribution in [-0.2, 0) is 0 Å². The standard InChI is InChI=1S/C9H24N2Si/c1-4-7-8-11(12)9-10(5-2)6-3/h4-9H2,1-3,12H3. The van der Waals surface area contributed by atoms with Crippen molar-refractivity contribution in [1.82, 2.24) is 9.47 Å². The molecule has 0 atom stereocenters. The lowest BCUT2D eigenvalue weighted by Crippen LogP contribution is -2.36. The molecule has 0 amide bonds. The van der Waals surface area contributed by atoms with Crippen LogP contribution in [0.25, 0.3) is 0 Å². The minimum Gasteiger partial charge on any atom is -0.320 e. The Morgan fingerprint density at radius 2 is 1.67 bits per heavy atom. The first kappa shape index (κ1) is 12.1. The first-order chi connectivity index (χ1) is 5.74. The molecule has 0 spiro atoms. The van der Waals surface area contributed by atoms with Crippen molar-refractivity contribution in [3.05, 3.63) is 0 Å². The molecule has 0 saturated carbocycles. The van der Waals surface area contributed by atoms with Crippen LogP contribution in [0.2, 0.25) is 0 Å². The lowest BCUT2D eigenvalue weighted by molar-refractivity contribution is 0.213. The van der Waals surface area contributed by atoms with E-state index in [1.807, 2.05) is 0 Å². The van der Waals surface area contributed by atoms with Crippen LogP contribution in [0.1, 0.15) is 33.6 Å². The molecule has 0 rings (SSSR count). The number of hydrogen-bond donors (Lipinski definition) is 0. The molecule has 2 nitrogen and oxygen atoms in total. The van der Waals surface area contributed by atoms with Crippen LogP contribution in [0.4, 0.5) is 0 Å². The molecule has 0 saturated heterocycles. The molecule has 0 heterocycles. The Kier molecular flexibility index (Phi) is 7.86. The van der Waals surface area contributed by atoms with Crippen LogP contribution in [0.5, 0.6) is 0 Å². The third-order valence-corrected chi connectivity index (χ3v) is 2.96. The Morgan fingerprint density at radius 1 is 1.08 bits per heavy atom. The van der Waals surface area contributed by atoms with Gasteiger partial charge in [0.05, 0.1) is 10.4 Å². The molecule has 0 aromatic rings. The normalized spacial score (nSPS) is 11.8. The van der Waals surface area contributed by atoms with Crippen LogP contribution < -0.4 is 0 Å². The molecule has 0 aromatic carbocycles. The van der Waals surface area contributed by atoms with E-state index < -0.39 is 0 Å². The maximum absolute atomic E-state index is 2.54. The molecular formula is C9H24N2Si. The predicted molar refractivity (Wildman–Crippen MR) is 59.3 cm³/mol. The maximum Gasteiger partial charge on any atom is 0.0800 e. The molecule has 0 aromatic heterocycles. The molecule has 0 radical (unpaired) electrons. The molecule has 0 aliphatic heterocycles. The zero-order valence-electron chi connectivity index (χ0n) is 9.14. The predicted octanol–water partition coefficient (Wildman–Crippen LogP) is 0.668. The van der Waals surface area contributed by atoms with E-state index in [4.69, 9.17) is 0 Å². The fraction of sp³-hybridized carbons (Fsp3) is 1.00. The van der Waals surface area contributed by atoms with E-state index in [0.29, 0.717) is 0 Å². The average molecular weight is 188 g/mol. The van der Waals surface area contributed by atoms with E-state index in [1.54, 1.807) is 0 Å². The quantitative estimate of drug-likeness (QED) is 0.428. The van der Waals surface area contributed by atoms with Gasteiger partial charge in [-0.3, -0.25) is 4.90 Å². The molecule has 0 aliphatic carbocycles. The summed E-state index contributed by atoms with van der Waals surface area (Å²) >= 11 is 0. The van der Waals surface area contributed by atoms with Crippen molar-refractivity contribution in [1.29, 1.82) is 0 Å². The monoisotopic (exact) mass is 188 g/mol. The fourth-order valence-corrected chi connectivity index (χ4v) is 1.98. The van der Waals surface area contributed by atoms with E-state index in [0.717, 1.165) is 0 Å². The summed E-state index contributed by atoms with van der Waals surface area (Å²) in [6, 6.07) is 0. The van der Waals surface area contributed by atoms with Crippen LogP contribution in [0, 0.1) is 0 Å². The van der Waals surface area contributed by atoms with Gasteiger partial charge in [0.2, 0.25) is 0 Å². The number of nitrogens with zero attached hydrogens (tertiary/aromatic N) is 2. The van der Waals surface area contributed by atoms with Crippen molar-refractivity contribution >= 4 is 10.4 Å². The van der Waals surface area contributed by atoms with Gasteiger partial charge in [0.1, 0.15) is 0 Å². The summed E-state index contributed by atoms with van der Waals surface area (Å²) in [5.41, 5.74) is 0. The van der Waals surface area contributed by atoms with Gasteiger partial charge < -0.3 is 4.57 Å². The fourth-order valence-electron chi connectivity index (χ4n) is 1.26. The van der Waals surface area contributed by atoms with E-state index in [-0.39, 0.29) is 0 Å². The Hall–Kier alpha value is 0.137. The van der Waals surface area contributed by atoms with Crippen LogP contribution in [0.15, 0.2) is 0 Å². The topological polar surface area (TPSA) is 6.48 Å². The van der Waals surface area contributed by atoms with Crippen LogP contribution in [-0.4, -0.2) is 46.2 Å². The second-order valence-corrected chi connectivity index (χ2v) is 4.64.